The number of methoxy groups -OCH3 is 1. The molecule has 1 heterocycles. The third kappa shape index (κ3) is 5.73. The average molecular weight is 630 g/mol. The Bertz CT molecular complexity index is 1430. The Labute approximate surface area is 227 Å². The van der Waals surface area contributed by atoms with E-state index in [9.17, 15) is 19.2 Å². The summed E-state index contributed by atoms with van der Waals surface area (Å²) in [6.07, 6.45) is 1.35. The molecule has 1 fully saturated rings. The number of nitrogens with zero attached hydrogens (tertiary/aromatic N) is 1. The van der Waals surface area contributed by atoms with Gasteiger partial charge in [0.25, 0.3) is 11.8 Å². The number of halogens is 2. The molecule has 1 aliphatic heterocycles. The summed E-state index contributed by atoms with van der Waals surface area (Å²) in [5, 5.41) is 11.3. The molecule has 0 saturated carbocycles. The number of amides is 4. The summed E-state index contributed by atoms with van der Waals surface area (Å²) in [5.74, 6) is -1.80. The van der Waals surface area contributed by atoms with Crippen LogP contribution < -0.4 is 19.7 Å². The third-order valence-electron chi connectivity index (χ3n) is 5.35. The van der Waals surface area contributed by atoms with Crippen LogP contribution in [0.2, 0.25) is 0 Å². The lowest BCUT2D eigenvalue weighted by Gasteiger charge is -2.26. The minimum Gasteiger partial charge on any atom is -0.497 e. The van der Waals surface area contributed by atoms with Gasteiger partial charge in [-0.3, -0.25) is 14.9 Å². The molecule has 9 nitrogen and oxygen atoms in total. The molecule has 3 aromatic rings. The van der Waals surface area contributed by atoms with Gasteiger partial charge in [0.2, 0.25) is 0 Å². The Morgan fingerprint density at radius 3 is 2.32 bits per heavy atom. The molecule has 3 aromatic carbocycles. The molecule has 4 amide bonds. The number of barbiturate groups is 1. The molecule has 0 spiro atoms. The lowest BCUT2D eigenvalue weighted by Crippen LogP contribution is -2.54. The molecule has 2 N–H and O–H groups in total. The van der Waals surface area contributed by atoms with Crippen LogP contribution in [0.1, 0.15) is 21.5 Å². The predicted octanol–water partition coefficient (Wildman–Crippen LogP) is 5.16. The zero-order valence-electron chi connectivity index (χ0n) is 19.2. The SMILES string of the molecule is COc1ccc(N2C(=O)NC(=O)/C(=C\c3cc(Br)cc(Br)c3OCc3ccc(C(=O)O)cc3)C2=O)cc1. The molecular weight excluding hydrogens is 612 g/mol. The molecule has 1 saturated heterocycles. The third-order valence-corrected chi connectivity index (χ3v) is 6.40. The lowest BCUT2D eigenvalue weighted by atomic mass is 10.1. The number of hydrogen-bond donors (Lipinski definition) is 2. The van der Waals surface area contributed by atoms with Crippen LogP contribution in [0.25, 0.3) is 6.08 Å². The number of carboxylic acid groups (broad SMARTS) is 1. The van der Waals surface area contributed by atoms with Crippen molar-refractivity contribution in [2.24, 2.45) is 0 Å². The molecule has 0 bridgehead atoms. The first-order valence-corrected chi connectivity index (χ1v) is 12.3. The summed E-state index contributed by atoms with van der Waals surface area (Å²) in [7, 11) is 1.49. The number of aromatic carboxylic acids is 1. The molecule has 37 heavy (non-hydrogen) atoms. The van der Waals surface area contributed by atoms with Crippen molar-refractivity contribution in [3.63, 3.8) is 0 Å². The normalized spacial score (nSPS) is 14.5. The van der Waals surface area contributed by atoms with Crippen LogP contribution >= 0.6 is 31.9 Å². The highest BCUT2D eigenvalue weighted by Gasteiger charge is 2.37. The summed E-state index contributed by atoms with van der Waals surface area (Å²) in [4.78, 5) is 50.4. The summed E-state index contributed by atoms with van der Waals surface area (Å²) in [6, 6.07) is 15.0. The Kier molecular flexibility index (Phi) is 7.74. The molecule has 11 heteroatoms. The monoisotopic (exact) mass is 628 g/mol. The number of imide groups is 2. The van der Waals surface area contributed by atoms with Crippen LogP contribution in [0.3, 0.4) is 0 Å². The maximum atomic E-state index is 13.3. The fourth-order valence-electron chi connectivity index (χ4n) is 3.52. The molecule has 188 valence electrons. The molecule has 4 rings (SSSR count). The van der Waals surface area contributed by atoms with Crippen LogP contribution in [-0.2, 0) is 16.2 Å². The summed E-state index contributed by atoms with van der Waals surface area (Å²) in [6.45, 7) is 0.0902. The highest BCUT2D eigenvalue weighted by Crippen LogP contribution is 2.36. The zero-order chi connectivity index (χ0) is 26.7. The largest absolute Gasteiger partial charge is 0.497 e. The van der Waals surface area contributed by atoms with Crippen molar-refractivity contribution >= 4 is 67.4 Å². The Balaban J connectivity index is 1.67. The Morgan fingerprint density at radius 2 is 1.70 bits per heavy atom. The van der Waals surface area contributed by atoms with Gasteiger partial charge in [-0.1, -0.05) is 28.1 Å². The van der Waals surface area contributed by atoms with Crippen molar-refractivity contribution in [2.45, 2.75) is 6.61 Å². The smallest absolute Gasteiger partial charge is 0.335 e. The fraction of sp³-hybridized carbons (Fsp3) is 0.0769. The Hall–Kier alpha value is -3.96. The van der Waals surface area contributed by atoms with Crippen LogP contribution in [0.5, 0.6) is 11.5 Å². The number of anilines is 1. The maximum Gasteiger partial charge on any atom is 0.335 e. The molecule has 0 radical (unpaired) electrons. The molecular formula is C26H18Br2N2O7. The number of carboxylic acids is 1. The number of rotatable bonds is 7. The number of benzene rings is 3. The first kappa shape index (κ1) is 26.1. The van der Waals surface area contributed by atoms with E-state index in [1.165, 1.54) is 37.5 Å². The van der Waals surface area contributed by atoms with Crippen molar-refractivity contribution in [3.8, 4) is 11.5 Å². The van der Waals surface area contributed by atoms with Crippen LogP contribution in [0.4, 0.5) is 10.5 Å². The molecule has 0 atom stereocenters. The standard InChI is InChI=1S/C26H18Br2N2O7/c1-36-19-8-6-18(7-9-19)30-24(32)20(23(31)29-26(30)35)11-16-10-17(27)12-21(28)22(16)37-13-14-2-4-15(5-3-14)25(33)34/h2-12H,13H2,1H3,(H,33,34)(H,29,31,35)/b20-11+. The van der Waals surface area contributed by atoms with Crippen molar-refractivity contribution < 1.29 is 33.8 Å². The van der Waals surface area contributed by atoms with Gasteiger partial charge in [-0.05, 0) is 76.1 Å². The quantitative estimate of drug-likeness (QED) is 0.273. The summed E-state index contributed by atoms with van der Waals surface area (Å²) >= 11 is 6.84. The van der Waals surface area contributed by atoms with Crippen molar-refractivity contribution in [1.82, 2.24) is 5.32 Å². The van der Waals surface area contributed by atoms with Gasteiger partial charge in [0, 0.05) is 10.0 Å². The minimum atomic E-state index is -1.03. The number of carbonyl (C=O) groups is 4. The van der Waals surface area contributed by atoms with Crippen LogP contribution in [0.15, 0.2) is 75.2 Å². The van der Waals surface area contributed by atoms with Crippen LogP contribution in [-0.4, -0.2) is 36.0 Å². The van der Waals surface area contributed by atoms with Crippen molar-refractivity contribution in [3.05, 3.63) is 91.9 Å². The van der Waals surface area contributed by atoms with E-state index in [0.717, 1.165) is 4.90 Å². The molecule has 1 aliphatic rings. The lowest BCUT2D eigenvalue weighted by molar-refractivity contribution is -0.122. The second-order valence-corrected chi connectivity index (χ2v) is 9.52. The van der Waals surface area contributed by atoms with E-state index in [0.29, 0.717) is 31.6 Å². The number of carbonyl (C=O) groups excluding carboxylic acids is 3. The van der Waals surface area contributed by atoms with Gasteiger partial charge in [0.15, 0.2) is 0 Å². The first-order chi connectivity index (χ1) is 17.7. The van der Waals surface area contributed by atoms with Gasteiger partial charge >= 0.3 is 12.0 Å². The fourth-order valence-corrected chi connectivity index (χ4v) is 4.89. The summed E-state index contributed by atoms with van der Waals surface area (Å²) in [5.41, 5.74) is 1.25. The van der Waals surface area contributed by atoms with E-state index in [1.807, 2.05) is 0 Å². The molecule has 0 aliphatic carbocycles. The van der Waals surface area contributed by atoms with Gasteiger partial charge < -0.3 is 14.6 Å². The second kappa shape index (κ2) is 11.0. The average Bonchev–Trinajstić information content (AvgIpc) is 2.86. The Morgan fingerprint density at radius 1 is 1.03 bits per heavy atom. The number of nitrogens with one attached hydrogen (secondary N) is 1. The molecule has 0 aromatic heterocycles. The number of urea groups is 1. The van der Waals surface area contributed by atoms with E-state index in [2.05, 4.69) is 37.2 Å². The second-order valence-electron chi connectivity index (χ2n) is 7.75. The number of ether oxygens (including phenoxy) is 2. The highest BCUT2D eigenvalue weighted by atomic mass is 79.9. The maximum absolute atomic E-state index is 13.3. The molecule has 0 unspecified atom stereocenters. The van der Waals surface area contributed by atoms with Gasteiger partial charge in [0.1, 0.15) is 23.7 Å². The highest BCUT2D eigenvalue weighted by molar-refractivity contribution is 9.11. The summed E-state index contributed by atoms with van der Waals surface area (Å²) < 4.78 is 12.3. The zero-order valence-corrected chi connectivity index (χ0v) is 22.3. The van der Waals surface area contributed by atoms with Gasteiger partial charge in [-0.15, -0.1) is 0 Å². The van der Waals surface area contributed by atoms with E-state index in [1.54, 1.807) is 36.4 Å². The first-order valence-electron chi connectivity index (χ1n) is 10.7. The van der Waals surface area contributed by atoms with Gasteiger partial charge in [-0.2, -0.15) is 0 Å². The van der Waals surface area contributed by atoms with Gasteiger partial charge in [0.05, 0.1) is 22.8 Å². The van der Waals surface area contributed by atoms with E-state index < -0.39 is 23.8 Å². The van der Waals surface area contributed by atoms with E-state index in [-0.39, 0.29) is 23.4 Å². The van der Waals surface area contributed by atoms with Crippen molar-refractivity contribution in [1.29, 1.82) is 0 Å². The minimum absolute atomic E-state index is 0.0902. The predicted molar refractivity (Wildman–Crippen MR) is 142 cm³/mol. The van der Waals surface area contributed by atoms with E-state index in [4.69, 9.17) is 14.6 Å². The number of hydrogen-bond acceptors (Lipinski definition) is 6. The van der Waals surface area contributed by atoms with Gasteiger partial charge in [-0.25, -0.2) is 14.5 Å². The van der Waals surface area contributed by atoms with Crippen molar-refractivity contribution in [2.75, 3.05) is 12.0 Å². The van der Waals surface area contributed by atoms with E-state index >= 15 is 0 Å². The van der Waals surface area contributed by atoms with Crippen LogP contribution in [0, 0.1) is 0 Å². The topological polar surface area (TPSA) is 122 Å².